The number of carbonyl (C=O) groups is 1. The van der Waals surface area contributed by atoms with Gasteiger partial charge in [0.05, 0.1) is 27.3 Å². The molecule has 2 unspecified atom stereocenters. The van der Waals surface area contributed by atoms with Gasteiger partial charge in [-0.05, 0) is 17.7 Å². The van der Waals surface area contributed by atoms with E-state index in [9.17, 15) is 4.79 Å². The lowest BCUT2D eigenvalue weighted by atomic mass is 9.90. The minimum absolute atomic E-state index is 0.0421. The number of rotatable bonds is 5. The molecule has 1 aliphatic rings. The highest BCUT2D eigenvalue weighted by atomic mass is 32.1. The number of fused-ring (bicyclic) bond motifs is 1. The monoisotopic (exact) mass is 355 g/mol. The molecule has 6 nitrogen and oxygen atoms in total. The Labute approximate surface area is 150 Å². The van der Waals surface area contributed by atoms with Crippen LogP contribution in [0.15, 0.2) is 36.7 Å². The van der Waals surface area contributed by atoms with Gasteiger partial charge in [0.2, 0.25) is 5.91 Å². The van der Waals surface area contributed by atoms with Crippen LogP contribution in [0, 0.1) is 5.92 Å². The third kappa shape index (κ3) is 3.43. The van der Waals surface area contributed by atoms with Crippen LogP contribution in [0.1, 0.15) is 16.5 Å². The Morgan fingerprint density at radius 3 is 3.08 bits per heavy atom. The first-order chi connectivity index (χ1) is 12.2. The first kappa shape index (κ1) is 16.2. The third-order valence-electron chi connectivity index (χ3n) is 4.68. The van der Waals surface area contributed by atoms with Crippen LogP contribution in [-0.4, -0.2) is 40.3 Å². The Morgan fingerprint density at radius 1 is 1.40 bits per heavy atom. The van der Waals surface area contributed by atoms with E-state index in [-0.39, 0.29) is 17.7 Å². The summed E-state index contributed by atoms with van der Waals surface area (Å²) in [4.78, 5) is 17.2. The van der Waals surface area contributed by atoms with Gasteiger partial charge in [-0.15, -0.1) is 11.3 Å². The highest BCUT2D eigenvalue weighted by molar-refractivity contribution is 7.18. The topological polar surface area (TPSA) is 71.8 Å². The molecule has 3 heterocycles. The molecule has 130 valence electrons. The van der Waals surface area contributed by atoms with Crippen LogP contribution < -0.4 is 10.6 Å². The van der Waals surface area contributed by atoms with Gasteiger partial charge >= 0.3 is 0 Å². The molecule has 1 fully saturated rings. The molecule has 0 spiro atoms. The molecule has 2 aromatic heterocycles. The molecule has 1 amide bonds. The Morgan fingerprint density at radius 2 is 2.28 bits per heavy atom. The van der Waals surface area contributed by atoms with Gasteiger partial charge in [-0.3, -0.25) is 9.48 Å². The number of benzene rings is 1. The lowest BCUT2D eigenvalue weighted by Gasteiger charge is -2.16. The molecule has 4 rings (SSSR count). The molecular weight excluding hydrogens is 334 g/mol. The second-order valence-corrected chi connectivity index (χ2v) is 7.55. The Hall–Kier alpha value is -2.25. The summed E-state index contributed by atoms with van der Waals surface area (Å²) in [5.41, 5.74) is 2.16. The predicted octanol–water partition coefficient (Wildman–Crippen LogP) is 1.69. The zero-order valence-electron chi connectivity index (χ0n) is 14.1. The van der Waals surface area contributed by atoms with Crippen molar-refractivity contribution in [1.29, 1.82) is 0 Å². The van der Waals surface area contributed by atoms with Crippen LogP contribution in [0.25, 0.3) is 10.2 Å². The van der Waals surface area contributed by atoms with Gasteiger partial charge in [-0.2, -0.15) is 5.10 Å². The number of aromatic nitrogens is 3. The fourth-order valence-corrected chi connectivity index (χ4v) is 4.35. The van der Waals surface area contributed by atoms with Crippen LogP contribution in [0.3, 0.4) is 0 Å². The average molecular weight is 355 g/mol. The van der Waals surface area contributed by atoms with E-state index in [1.165, 1.54) is 4.70 Å². The summed E-state index contributed by atoms with van der Waals surface area (Å²) >= 11 is 1.70. The SMILES string of the molecule is Cn1cc(C2CNCC2C(=O)NCCc2nc3ccccc3s2)cn1. The number of nitrogens with one attached hydrogen (secondary N) is 2. The number of nitrogens with zero attached hydrogens (tertiary/aromatic N) is 3. The summed E-state index contributed by atoms with van der Waals surface area (Å²) in [6.45, 7) is 2.16. The second-order valence-electron chi connectivity index (χ2n) is 6.43. The van der Waals surface area contributed by atoms with Crippen molar-refractivity contribution in [3.05, 3.63) is 47.2 Å². The van der Waals surface area contributed by atoms with Crippen molar-refractivity contribution in [1.82, 2.24) is 25.4 Å². The molecule has 2 atom stereocenters. The van der Waals surface area contributed by atoms with Crippen molar-refractivity contribution < 1.29 is 4.79 Å². The number of aryl methyl sites for hydroxylation is 1. The number of para-hydroxylation sites is 1. The normalized spacial score (nSPS) is 20.2. The van der Waals surface area contributed by atoms with Gasteiger partial charge in [-0.1, -0.05) is 12.1 Å². The van der Waals surface area contributed by atoms with Crippen molar-refractivity contribution in [3.63, 3.8) is 0 Å². The molecule has 0 aliphatic carbocycles. The quantitative estimate of drug-likeness (QED) is 0.731. The standard InChI is InChI=1S/C18H21N5OS/c1-23-11-12(8-21-23)13-9-19-10-14(13)18(24)20-7-6-17-22-15-4-2-3-5-16(15)25-17/h2-5,8,11,13-14,19H,6-7,9-10H2,1H3,(H,20,24). The van der Waals surface area contributed by atoms with E-state index in [1.54, 1.807) is 16.0 Å². The minimum atomic E-state index is -0.0421. The van der Waals surface area contributed by atoms with Crippen LogP contribution in [0.5, 0.6) is 0 Å². The summed E-state index contributed by atoms with van der Waals surface area (Å²) in [5, 5.41) is 11.7. The summed E-state index contributed by atoms with van der Waals surface area (Å²) < 4.78 is 2.98. The Balaban J connectivity index is 1.35. The van der Waals surface area contributed by atoms with Gasteiger partial charge < -0.3 is 10.6 Å². The maximum absolute atomic E-state index is 12.6. The first-order valence-electron chi connectivity index (χ1n) is 8.52. The highest BCUT2D eigenvalue weighted by Crippen LogP contribution is 2.28. The average Bonchev–Trinajstić information content (AvgIpc) is 3.32. The lowest BCUT2D eigenvalue weighted by molar-refractivity contribution is -0.124. The van der Waals surface area contributed by atoms with Crippen molar-refractivity contribution in [3.8, 4) is 0 Å². The molecule has 25 heavy (non-hydrogen) atoms. The minimum Gasteiger partial charge on any atom is -0.355 e. The largest absolute Gasteiger partial charge is 0.355 e. The summed E-state index contributed by atoms with van der Waals surface area (Å²) in [7, 11) is 1.90. The maximum Gasteiger partial charge on any atom is 0.225 e. The number of amides is 1. The van der Waals surface area contributed by atoms with Gasteiger partial charge in [0.15, 0.2) is 0 Å². The number of thiazole rings is 1. The van der Waals surface area contributed by atoms with E-state index in [4.69, 9.17) is 0 Å². The molecule has 3 aromatic rings. The molecule has 0 bridgehead atoms. The van der Waals surface area contributed by atoms with Crippen LogP contribution >= 0.6 is 11.3 Å². The van der Waals surface area contributed by atoms with Gasteiger partial charge in [0.25, 0.3) is 0 Å². The van der Waals surface area contributed by atoms with Crippen LogP contribution in [-0.2, 0) is 18.3 Å². The molecule has 0 radical (unpaired) electrons. The van der Waals surface area contributed by atoms with Crippen molar-refractivity contribution >= 4 is 27.5 Å². The molecular formula is C18H21N5OS. The number of carbonyl (C=O) groups excluding carboxylic acids is 1. The Kier molecular flexibility index (Phi) is 4.50. The number of hydrogen-bond acceptors (Lipinski definition) is 5. The summed E-state index contributed by atoms with van der Waals surface area (Å²) in [5.74, 6) is 0.260. The van der Waals surface area contributed by atoms with Gasteiger partial charge in [0.1, 0.15) is 0 Å². The predicted molar refractivity (Wildman–Crippen MR) is 98.6 cm³/mol. The van der Waals surface area contributed by atoms with Crippen molar-refractivity contribution in [2.45, 2.75) is 12.3 Å². The summed E-state index contributed by atoms with van der Waals surface area (Å²) in [6.07, 6.45) is 4.63. The fraction of sp³-hybridized carbons (Fsp3) is 0.389. The van der Waals surface area contributed by atoms with Gasteiger partial charge in [-0.25, -0.2) is 4.98 Å². The fourth-order valence-electron chi connectivity index (χ4n) is 3.39. The van der Waals surface area contributed by atoms with Crippen molar-refractivity contribution in [2.75, 3.05) is 19.6 Å². The molecule has 1 aliphatic heterocycles. The highest BCUT2D eigenvalue weighted by Gasteiger charge is 2.34. The maximum atomic E-state index is 12.6. The molecule has 1 aromatic carbocycles. The molecule has 2 N–H and O–H groups in total. The van der Waals surface area contributed by atoms with E-state index < -0.39 is 0 Å². The van der Waals surface area contributed by atoms with E-state index in [0.29, 0.717) is 13.1 Å². The molecule has 1 saturated heterocycles. The smallest absolute Gasteiger partial charge is 0.225 e. The van der Waals surface area contributed by atoms with Gasteiger partial charge in [0, 0.05) is 45.2 Å². The second kappa shape index (κ2) is 6.93. The summed E-state index contributed by atoms with van der Waals surface area (Å²) in [6, 6.07) is 8.13. The van der Waals surface area contributed by atoms with E-state index >= 15 is 0 Å². The van der Waals surface area contributed by atoms with Crippen LogP contribution in [0.2, 0.25) is 0 Å². The number of hydrogen-bond donors (Lipinski definition) is 2. The van der Waals surface area contributed by atoms with Crippen LogP contribution in [0.4, 0.5) is 0 Å². The van der Waals surface area contributed by atoms with E-state index in [1.807, 2.05) is 37.6 Å². The molecule has 7 heteroatoms. The van der Waals surface area contributed by atoms with Crippen molar-refractivity contribution in [2.24, 2.45) is 13.0 Å². The molecule has 0 saturated carbocycles. The zero-order chi connectivity index (χ0) is 17.2. The van der Waals surface area contributed by atoms with E-state index in [0.717, 1.165) is 29.1 Å². The third-order valence-corrected chi connectivity index (χ3v) is 5.78. The van der Waals surface area contributed by atoms with E-state index in [2.05, 4.69) is 26.8 Å². The Bertz CT molecular complexity index is 853. The zero-order valence-corrected chi connectivity index (χ0v) is 14.9. The lowest BCUT2D eigenvalue weighted by Crippen LogP contribution is -2.35. The first-order valence-corrected chi connectivity index (χ1v) is 9.34.